The van der Waals surface area contributed by atoms with Gasteiger partial charge in [-0.2, -0.15) is 0 Å². The third-order valence-corrected chi connectivity index (χ3v) is 5.21. The number of halogens is 1. The minimum Gasteiger partial charge on any atom is -0.478 e. The number of likely N-dealkylation sites (tertiary alicyclic amines) is 1. The second kappa shape index (κ2) is 8.69. The molecular formula is C21H25ClN2O4. The number of ether oxygens (including phenoxy) is 1. The normalized spacial score (nSPS) is 15.3. The summed E-state index contributed by atoms with van der Waals surface area (Å²) in [7, 11) is 0. The van der Waals surface area contributed by atoms with E-state index in [0.29, 0.717) is 41.9 Å². The zero-order valence-corrected chi connectivity index (χ0v) is 16.9. The summed E-state index contributed by atoms with van der Waals surface area (Å²) in [6.07, 6.45) is 4.67. The number of carbonyl (C=O) groups excluding carboxylic acids is 2. The lowest BCUT2D eigenvalue weighted by molar-refractivity contribution is -0.134. The molecule has 0 unspecified atom stereocenters. The fraction of sp³-hybridized carbons (Fsp3) is 0.429. The maximum atomic E-state index is 12.6. The SMILES string of the molecule is CC(C)(Oc1ccc(Cl)cc1)C(=O)NCC1CCN(C(=O)c2ccoc2)CC1. The summed E-state index contributed by atoms with van der Waals surface area (Å²) in [6.45, 7) is 5.40. The number of piperidine rings is 1. The summed E-state index contributed by atoms with van der Waals surface area (Å²) in [4.78, 5) is 26.7. The Balaban J connectivity index is 1.44. The van der Waals surface area contributed by atoms with Crippen LogP contribution in [0, 0.1) is 5.92 Å². The molecule has 28 heavy (non-hydrogen) atoms. The highest BCUT2D eigenvalue weighted by molar-refractivity contribution is 6.30. The molecule has 2 heterocycles. The van der Waals surface area contributed by atoms with E-state index in [1.807, 2.05) is 4.90 Å². The molecule has 1 N–H and O–H groups in total. The molecule has 0 radical (unpaired) electrons. The molecule has 150 valence electrons. The number of benzene rings is 1. The first kappa shape index (κ1) is 20.3. The first-order valence-corrected chi connectivity index (χ1v) is 9.77. The van der Waals surface area contributed by atoms with Gasteiger partial charge in [0.2, 0.25) is 0 Å². The molecule has 3 rings (SSSR count). The lowest BCUT2D eigenvalue weighted by atomic mass is 9.96. The van der Waals surface area contributed by atoms with Crippen LogP contribution in [0.2, 0.25) is 5.02 Å². The predicted molar refractivity (Wildman–Crippen MR) is 107 cm³/mol. The van der Waals surface area contributed by atoms with E-state index in [4.69, 9.17) is 20.8 Å². The van der Waals surface area contributed by atoms with Crippen molar-refractivity contribution < 1.29 is 18.7 Å². The Morgan fingerprint density at radius 1 is 1.21 bits per heavy atom. The van der Waals surface area contributed by atoms with Crippen molar-refractivity contribution in [3.05, 3.63) is 53.4 Å². The van der Waals surface area contributed by atoms with Crippen molar-refractivity contribution >= 4 is 23.4 Å². The maximum absolute atomic E-state index is 12.6. The second-order valence-corrected chi connectivity index (χ2v) is 7.96. The summed E-state index contributed by atoms with van der Waals surface area (Å²) in [6, 6.07) is 8.61. The molecule has 0 aliphatic carbocycles. The van der Waals surface area contributed by atoms with Gasteiger partial charge in [0, 0.05) is 24.7 Å². The summed E-state index contributed by atoms with van der Waals surface area (Å²) in [5.74, 6) is 0.757. The van der Waals surface area contributed by atoms with Gasteiger partial charge in [-0.15, -0.1) is 0 Å². The lowest BCUT2D eigenvalue weighted by Gasteiger charge is -2.32. The van der Waals surface area contributed by atoms with E-state index in [1.165, 1.54) is 12.5 Å². The van der Waals surface area contributed by atoms with Crippen LogP contribution in [0.4, 0.5) is 0 Å². The number of furan rings is 1. The molecule has 0 atom stereocenters. The van der Waals surface area contributed by atoms with E-state index in [9.17, 15) is 9.59 Å². The monoisotopic (exact) mass is 404 g/mol. The molecule has 2 aromatic rings. The van der Waals surface area contributed by atoms with E-state index in [1.54, 1.807) is 44.2 Å². The van der Waals surface area contributed by atoms with E-state index in [0.717, 1.165) is 12.8 Å². The molecule has 0 saturated carbocycles. The van der Waals surface area contributed by atoms with Gasteiger partial charge in [-0.05, 0) is 62.9 Å². The average Bonchev–Trinajstić information content (AvgIpc) is 3.22. The fourth-order valence-electron chi connectivity index (χ4n) is 3.20. The predicted octanol–water partition coefficient (Wildman–Crippen LogP) is 3.76. The van der Waals surface area contributed by atoms with Crippen LogP contribution in [0.25, 0.3) is 0 Å². The Morgan fingerprint density at radius 2 is 1.89 bits per heavy atom. The molecule has 7 heteroatoms. The first-order chi connectivity index (χ1) is 13.3. The number of carbonyl (C=O) groups is 2. The van der Waals surface area contributed by atoms with Gasteiger partial charge in [0.25, 0.3) is 11.8 Å². The quantitative estimate of drug-likeness (QED) is 0.795. The van der Waals surface area contributed by atoms with Crippen LogP contribution in [0.15, 0.2) is 47.3 Å². The van der Waals surface area contributed by atoms with Crippen LogP contribution in [0.1, 0.15) is 37.0 Å². The summed E-state index contributed by atoms with van der Waals surface area (Å²) >= 11 is 5.88. The van der Waals surface area contributed by atoms with E-state index in [2.05, 4.69) is 5.32 Å². The lowest BCUT2D eigenvalue weighted by Crippen LogP contribution is -2.49. The zero-order valence-electron chi connectivity index (χ0n) is 16.1. The zero-order chi connectivity index (χ0) is 20.1. The number of nitrogens with zero attached hydrogens (tertiary/aromatic N) is 1. The van der Waals surface area contributed by atoms with Crippen molar-refractivity contribution in [3.8, 4) is 5.75 Å². The van der Waals surface area contributed by atoms with Crippen LogP contribution in [-0.4, -0.2) is 41.9 Å². The van der Waals surface area contributed by atoms with Crippen molar-refractivity contribution in [1.82, 2.24) is 10.2 Å². The van der Waals surface area contributed by atoms with E-state index >= 15 is 0 Å². The summed E-state index contributed by atoms with van der Waals surface area (Å²) in [5, 5.41) is 3.61. The van der Waals surface area contributed by atoms with Gasteiger partial charge in [0.15, 0.2) is 5.60 Å². The van der Waals surface area contributed by atoms with Gasteiger partial charge in [-0.25, -0.2) is 0 Å². The molecule has 1 saturated heterocycles. The van der Waals surface area contributed by atoms with E-state index in [-0.39, 0.29) is 11.8 Å². The maximum Gasteiger partial charge on any atom is 0.263 e. The Bertz CT molecular complexity index is 794. The number of hydrogen-bond donors (Lipinski definition) is 1. The molecular weight excluding hydrogens is 380 g/mol. The molecule has 1 aliphatic heterocycles. The highest BCUT2D eigenvalue weighted by atomic mass is 35.5. The van der Waals surface area contributed by atoms with Crippen molar-refractivity contribution in [3.63, 3.8) is 0 Å². The number of rotatable bonds is 6. The van der Waals surface area contributed by atoms with Crippen LogP contribution in [-0.2, 0) is 4.79 Å². The Hall–Kier alpha value is -2.47. The van der Waals surface area contributed by atoms with Crippen LogP contribution < -0.4 is 10.1 Å². The Kier molecular flexibility index (Phi) is 6.29. The van der Waals surface area contributed by atoms with Gasteiger partial charge >= 0.3 is 0 Å². The third kappa shape index (κ3) is 5.07. The third-order valence-electron chi connectivity index (χ3n) is 4.95. The minimum atomic E-state index is -0.994. The molecule has 1 aliphatic rings. The topological polar surface area (TPSA) is 71.8 Å². The van der Waals surface area contributed by atoms with Gasteiger partial charge in [-0.1, -0.05) is 11.6 Å². The first-order valence-electron chi connectivity index (χ1n) is 9.39. The van der Waals surface area contributed by atoms with Crippen molar-refractivity contribution in [1.29, 1.82) is 0 Å². The molecule has 1 fully saturated rings. The highest BCUT2D eigenvalue weighted by Gasteiger charge is 2.31. The number of hydrogen-bond acceptors (Lipinski definition) is 4. The Morgan fingerprint density at radius 3 is 2.50 bits per heavy atom. The largest absolute Gasteiger partial charge is 0.478 e. The molecule has 1 aromatic heterocycles. The highest BCUT2D eigenvalue weighted by Crippen LogP contribution is 2.22. The van der Waals surface area contributed by atoms with E-state index < -0.39 is 5.60 Å². The van der Waals surface area contributed by atoms with Crippen LogP contribution >= 0.6 is 11.6 Å². The molecule has 2 amide bonds. The van der Waals surface area contributed by atoms with Gasteiger partial charge in [0.05, 0.1) is 11.8 Å². The second-order valence-electron chi connectivity index (χ2n) is 7.52. The summed E-state index contributed by atoms with van der Waals surface area (Å²) in [5.41, 5.74) is -0.418. The number of nitrogens with one attached hydrogen (secondary N) is 1. The van der Waals surface area contributed by atoms with Crippen molar-refractivity contribution in [2.45, 2.75) is 32.3 Å². The number of amides is 2. The fourth-order valence-corrected chi connectivity index (χ4v) is 3.33. The van der Waals surface area contributed by atoms with Gasteiger partial charge < -0.3 is 19.4 Å². The van der Waals surface area contributed by atoms with Gasteiger partial charge in [-0.3, -0.25) is 9.59 Å². The van der Waals surface area contributed by atoms with Gasteiger partial charge in [0.1, 0.15) is 12.0 Å². The van der Waals surface area contributed by atoms with Crippen LogP contribution in [0.3, 0.4) is 0 Å². The van der Waals surface area contributed by atoms with Crippen LogP contribution in [0.5, 0.6) is 5.75 Å². The summed E-state index contributed by atoms with van der Waals surface area (Å²) < 4.78 is 10.8. The standard InChI is InChI=1S/C21H25ClN2O4/c1-21(2,28-18-5-3-17(22)4-6-18)20(26)23-13-15-7-10-24(11-8-15)19(25)16-9-12-27-14-16/h3-6,9,12,14-15H,7-8,10-11,13H2,1-2H3,(H,23,26). The van der Waals surface area contributed by atoms with Crippen molar-refractivity contribution in [2.24, 2.45) is 5.92 Å². The van der Waals surface area contributed by atoms with Crippen molar-refractivity contribution in [2.75, 3.05) is 19.6 Å². The minimum absolute atomic E-state index is 0.00580. The molecule has 0 spiro atoms. The molecule has 1 aromatic carbocycles. The smallest absolute Gasteiger partial charge is 0.263 e. The average molecular weight is 405 g/mol. The molecule has 6 nitrogen and oxygen atoms in total. The molecule has 0 bridgehead atoms. The Labute approximate surface area is 169 Å².